The van der Waals surface area contributed by atoms with Gasteiger partial charge in [0.05, 0.1) is 11.8 Å². The van der Waals surface area contributed by atoms with Gasteiger partial charge in [-0.1, -0.05) is 35.0 Å². The van der Waals surface area contributed by atoms with Gasteiger partial charge in [0.2, 0.25) is 11.8 Å². The van der Waals surface area contributed by atoms with Gasteiger partial charge in [0, 0.05) is 17.0 Å². The summed E-state index contributed by atoms with van der Waals surface area (Å²) in [4.78, 5) is 34.7. The topological polar surface area (TPSA) is 108 Å². The Balaban J connectivity index is 1.54. The van der Waals surface area contributed by atoms with Crippen molar-refractivity contribution in [3.8, 4) is 0 Å². The minimum atomic E-state index is -0.470. The number of halogens is 2. The quantitative estimate of drug-likeness (QED) is 0.400. The normalized spacial score (nSPS) is 11.4. The maximum absolute atomic E-state index is 14.0. The number of nitrogens with zero attached hydrogens (tertiary/aromatic N) is 5. The van der Waals surface area contributed by atoms with Crippen LogP contribution in [0.4, 0.5) is 4.39 Å². The Kier molecular flexibility index (Phi) is 5.58. The highest BCUT2D eigenvalue weighted by Crippen LogP contribution is 2.26. The van der Waals surface area contributed by atoms with Gasteiger partial charge < -0.3 is 14.4 Å². The van der Waals surface area contributed by atoms with Crippen molar-refractivity contribution in [1.29, 1.82) is 0 Å². The molecular formula is C23H18ClFN6O3. The van der Waals surface area contributed by atoms with E-state index in [0.717, 1.165) is 5.56 Å². The van der Waals surface area contributed by atoms with Gasteiger partial charge in [-0.05, 0) is 36.8 Å². The zero-order valence-corrected chi connectivity index (χ0v) is 18.7. The van der Waals surface area contributed by atoms with Crippen LogP contribution in [-0.2, 0) is 24.4 Å². The van der Waals surface area contributed by atoms with E-state index in [4.69, 9.17) is 16.1 Å². The van der Waals surface area contributed by atoms with Crippen molar-refractivity contribution in [2.24, 2.45) is 0 Å². The zero-order chi connectivity index (χ0) is 23.8. The summed E-state index contributed by atoms with van der Waals surface area (Å²) in [7, 11) is 0. The average Bonchev–Trinajstić information content (AvgIpc) is 3.36. The molecule has 0 fully saturated rings. The smallest absolute Gasteiger partial charge is 0.278 e. The van der Waals surface area contributed by atoms with Crippen LogP contribution < -0.4 is 10.9 Å². The summed E-state index contributed by atoms with van der Waals surface area (Å²) in [6, 6.07) is 11.3. The first-order chi connectivity index (χ1) is 16.4. The molecule has 0 aliphatic carbocycles. The highest BCUT2D eigenvalue weighted by Gasteiger charge is 2.20. The van der Waals surface area contributed by atoms with Crippen molar-refractivity contribution in [1.82, 2.24) is 29.6 Å². The molecule has 1 amide bonds. The molecule has 11 heteroatoms. The number of hydrogen-bond donors (Lipinski definition) is 1. The molecule has 0 saturated heterocycles. The van der Waals surface area contributed by atoms with Crippen LogP contribution in [-0.4, -0.2) is 30.2 Å². The highest BCUT2D eigenvalue weighted by atomic mass is 35.5. The molecule has 0 atom stereocenters. The standard InChI is InChI=1S/C23H18ClFN6O3/c1-13-28-20(34-29-13)11-30-12-27-21-16-8-15(25)6-7-18(16)31(22(21)23(30)33)10-19(32)26-9-14-4-2-3-5-17(14)24/h2-8,12H,9-11H2,1H3,(H,26,32). The van der Waals surface area contributed by atoms with E-state index in [2.05, 4.69) is 20.4 Å². The lowest BCUT2D eigenvalue weighted by atomic mass is 10.2. The summed E-state index contributed by atoms with van der Waals surface area (Å²) in [6.07, 6.45) is 1.34. The largest absolute Gasteiger partial charge is 0.350 e. The van der Waals surface area contributed by atoms with E-state index < -0.39 is 11.4 Å². The molecule has 0 aliphatic rings. The molecule has 3 aromatic heterocycles. The molecule has 172 valence electrons. The summed E-state index contributed by atoms with van der Waals surface area (Å²) < 4.78 is 22.0. The van der Waals surface area contributed by atoms with Gasteiger partial charge in [-0.2, -0.15) is 4.98 Å². The van der Waals surface area contributed by atoms with Crippen molar-refractivity contribution in [2.45, 2.75) is 26.6 Å². The number of carbonyl (C=O) groups is 1. The van der Waals surface area contributed by atoms with Gasteiger partial charge in [-0.15, -0.1) is 0 Å². The Labute approximate surface area is 196 Å². The van der Waals surface area contributed by atoms with Crippen molar-refractivity contribution in [3.63, 3.8) is 0 Å². The lowest BCUT2D eigenvalue weighted by Gasteiger charge is -2.10. The molecule has 0 unspecified atom stereocenters. The average molecular weight is 481 g/mol. The van der Waals surface area contributed by atoms with Gasteiger partial charge in [0.25, 0.3) is 5.56 Å². The number of carbonyl (C=O) groups excluding carboxylic acids is 1. The summed E-state index contributed by atoms with van der Waals surface area (Å²) in [5.74, 6) is -0.129. The van der Waals surface area contributed by atoms with Crippen molar-refractivity contribution in [2.75, 3.05) is 0 Å². The second-order valence-electron chi connectivity index (χ2n) is 7.73. The van der Waals surface area contributed by atoms with E-state index in [1.54, 1.807) is 19.1 Å². The molecule has 3 heterocycles. The number of benzene rings is 2. The lowest BCUT2D eigenvalue weighted by Crippen LogP contribution is -2.29. The maximum Gasteiger partial charge on any atom is 0.278 e. The molecule has 0 saturated carbocycles. The van der Waals surface area contributed by atoms with E-state index in [9.17, 15) is 14.0 Å². The Morgan fingerprint density at radius 2 is 2.06 bits per heavy atom. The summed E-state index contributed by atoms with van der Waals surface area (Å²) in [5.41, 5.74) is 1.33. The van der Waals surface area contributed by atoms with E-state index in [0.29, 0.717) is 27.3 Å². The SMILES string of the molecule is Cc1noc(Cn2cnc3c4cc(F)ccc4n(CC(=O)NCc4ccccc4Cl)c3c2=O)n1. The molecule has 0 bridgehead atoms. The molecule has 0 radical (unpaired) electrons. The van der Waals surface area contributed by atoms with E-state index in [-0.39, 0.29) is 36.9 Å². The fourth-order valence-electron chi connectivity index (χ4n) is 3.83. The fraction of sp³-hybridized carbons (Fsp3) is 0.174. The summed E-state index contributed by atoms with van der Waals surface area (Å²) in [6.45, 7) is 1.74. The predicted molar refractivity (Wildman–Crippen MR) is 123 cm³/mol. The zero-order valence-electron chi connectivity index (χ0n) is 18.0. The second-order valence-corrected chi connectivity index (χ2v) is 8.13. The van der Waals surface area contributed by atoms with Gasteiger partial charge in [-0.25, -0.2) is 9.37 Å². The van der Waals surface area contributed by atoms with Crippen LogP contribution in [0.15, 0.2) is 58.1 Å². The lowest BCUT2D eigenvalue weighted by molar-refractivity contribution is -0.121. The molecule has 0 aliphatic heterocycles. The molecule has 1 N–H and O–H groups in total. The van der Waals surface area contributed by atoms with Crippen LogP contribution in [0.25, 0.3) is 21.9 Å². The first kappa shape index (κ1) is 21.8. The van der Waals surface area contributed by atoms with Crippen LogP contribution in [0, 0.1) is 12.7 Å². The fourth-order valence-corrected chi connectivity index (χ4v) is 4.04. The van der Waals surface area contributed by atoms with E-state index in [1.807, 2.05) is 12.1 Å². The first-order valence-corrected chi connectivity index (χ1v) is 10.7. The Hall–Kier alpha value is -4.05. The van der Waals surface area contributed by atoms with Crippen LogP contribution in [0.1, 0.15) is 17.3 Å². The third-order valence-electron chi connectivity index (χ3n) is 5.40. The van der Waals surface area contributed by atoms with Crippen molar-refractivity contribution in [3.05, 3.63) is 87.3 Å². The van der Waals surface area contributed by atoms with Gasteiger partial charge in [0.1, 0.15) is 29.9 Å². The van der Waals surface area contributed by atoms with Gasteiger partial charge >= 0.3 is 0 Å². The van der Waals surface area contributed by atoms with Crippen molar-refractivity contribution < 1.29 is 13.7 Å². The first-order valence-electron chi connectivity index (χ1n) is 10.4. The number of aromatic nitrogens is 5. The molecule has 34 heavy (non-hydrogen) atoms. The molecule has 0 spiro atoms. The van der Waals surface area contributed by atoms with Crippen LogP contribution >= 0.6 is 11.6 Å². The van der Waals surface area contributed by atoms with E-state index >= 15 is 0 Å². The number of aryl methyl sites for hydroxylation is 1. The molecule has 5 aromatic rings. The third-order valence-corrected chi connectivity index (χ3v) is 5.77. The monoisotopic (exact) mass is 480 g/mol. The van der Waals surface area contributed by atoms with E-state index in [1.165, 1.54) is 33.7 Å². The molecular weight excluding hydrogens is 463 g/mol. The van der Waals surface area contributed by atoms with Gasteiger partial charge in [0.15, 0.2) is 5.82 Å². The minimum absolute atomic E-state index is 0.0111. The molecule has 2 aromatic carbocycles. The molecule has 9 nitrogen and oxygen atoms in total. The Bertz CT molecular complexity index is 1610. The second kappa shape index (κ2) is 8.71. The van der Waals surface area contributed by atoms with Crippen LogP contribution in [0.5, 0.6) is 0 Å². The van der Waals surface area contributed by atoms with Crippen molar-refractivity contribution >= 4 is 39.4 Å². The Morgan fingerprint density at radius 1 is 1.24 bits per heavy atom. The van der Waals surface area contributed by atoms with Gasteiger partial charge in [-0.3, -0.25) is 14.2 Å². The maximum atomic E-state index is 14.0. The number of amides is 1. The predicted octanol–water partition coefficient (Wildman–Crippen LogP) is 3.20. The van der Waals surface area contributed by atoms with Crippen LogP contribution in [0.2, 0.25) is 5.02 Å². The number of hydrogen-bond acceptors (Lipinski definition) is 6. The number of fused-ring (bicyclic) bond motifs is 3. The molecule has 5 rings (SSSR count). The van der Waals surface area contributed by atoms with Crippen LogP contribution in [0.3, 0.4) is 0 Å². The minimum Gasteiger partial charge on any atom is -0.350 e. The highest BCUT2D eigenvalue weighted by molar-refractivity contribution is 6.31. The number of rotatable bonds is 6. The third kappa shape index (κ3) is 4.03. The number of nitrogens with one attached hydrogen (secondary N) is 1. The summed E-state index contributed by atoms with van der Waals surface area (Å²) in [5, 5.41) is 7.52. The summed E-state index contributed by atoms with van der Waals surface area (Å²) >= 11 is 6.17. The Morgan fingerprint density at radius 3 is 2.82 bits per heavy atom.